The van der Waals surface area contributed by atoms with Crippen molar-refractivity contribution in [2.45, 2.75) is 219 Å². The number of aliphatic hydroxyl groups excluding tert-OH is 4. The molecule has 2 saturated heterocycles. The van der Waals surface area contributed by atoms with Gasteiger partial charge in [0.15, 0.2) is 6.10 Å². The Morgan fingerprint density at radius 2 is 1.31 bits per heavy atom. The lowest BCUT2D eigenvalue weighted by atomic mass is 9.89. The third-order valence-electron chi connectivity index (χ3n) is 20.4. The predicted octanol–water partition coefficient (Wildman–Crippen LogP) is 4.92. The van der Waals surface area contributed by atoms with Crippen LogP contribution in [0.25, 0.3) is 0 Å². The molecule has 2 aliphatic heterocycles. The van der Waals surface area contributed by atoms with Crippen LogP contribution in [0.3, 0.4) is 0 Å². The summed E-state index contributed by atoms with van der Waals surface area (Å²) in [5.41, 5.74) is 0.746. The summed E-state index contributed by atoms with van der Waals surface area (Å²) in [6.45, 7) is 20.7. The number of aliphatic hydroxyl groups is 4. The van der Waals surface area contributed by atoms with E-state index in [0.717, 1.165) is 30.6 Å². The zero-order valence-corrected chi connectivity index (χ0v) is 64.9. The molecule has 1 aliphatic carbocycles. The van der Waals surface area contributed by atoms with E-state index in [1.165, 1.54) is 44.4 Å². The Morgan fingerprint density at radius 3 is 1.89 bits per heavy atom. The number of amides is 8. The van der Waals surface area contributed by atoms with E-state index >= 15 is 0 Å². The van der Waals surface area contributed by atoms with E-state index in [4.69, 9.17) is 42.6 Å². The standard InChI is InChI=1S/C76H122N8O23/c1-15-22-52-53(23-16-2)54(52)43-104-75(97)78-32-35-102-37-39-103-38-36-101-34-31-77-58(85)29-30-59(86)80-51-27-28-56(106-74-67(91)65(89)66(90)69(107-74)73(95)96)50(40-51)42-105-76(98)83(12)62(45(6)7)71(93)81-61(44(4)5)72(94)82(11)63(46(8)17-3)57(99-13)41-60(87)84-33-21-26-55(84)68(100-14)47(9)70(92)79-48(10)64(88)49-24-19-18-20-25-49/h18-20,24-25,27-28,40,44-48,52-55,57,61-69,74,88-91H,15-17,21-23,26,29-39,41-43H2,1-14H3,(H,77,85)(H,78,97)(H,79,92)(H,80,86)(H,81,93)(H,95,96)/t46-,47+,48+,52-,53+,54?,55-,57+,61-,62-,63-,64+,65?,66-,67?,68+,69?,74+/m0/s1. The number of aliphatic carboxylic acids is 1. The Balaban J connectivity index is 1.15. The molecule has 2 aromatic carbocycles. The van der Waals surface area contributed by atoms with E-state index in [9.17, 15) is 68.7 Å². The summed E-state index contributed by atoms with van der Waals surface area (Å²) < 4.78 is 51.1. The highest BCUT2D eigenvalue weighted by Crippen LogP contribution is 2.52. The minimum Gasteiger partial charge on any atom is -0.479 e. The fraction of sp³-hybridized carbons (Fsp3) is 0.724. The summed E-state index contributed by atoms with van der Waals surface area (Å²) in [7, 11) is 5.87. The maximum atomic E-state index is 15.0. The van der Waals surface area contributed by atoms with Crippen molar-refractivity contribution < 1.29 is 111 Å². The molecule has 107 heavy (non-hydrogen) atoms. The maximum absolute atomic E-state index is 15.0. The van der Waals surface area contributed by atoms with Crippen LogP contribution in [0, 0.1) is 41.4 Å². The Bertz CT molecular complexity index is 3100. The summed E-state index contributed by atoms with van der Waals surface area (Å²) in [5.74, 6) is -5.06. The van der Waals surface area contributed by atoms with Crippen LogP contribution in [-0.2, 0) is 78.1 Å². The van der Waals surface area contributed by atoms with Crippen LogP contribution in [-0.4, -0.2) is 261 Å². The molecule has 0 aromatic heterocycles. The number of carbonyl (C=O) groups is 9. The number of anilines is 1. The Morgan fingerprint density at radius 1 is 0.692 bits per heavy atom. The van der Waals surface area contributed by atoms with Crippen LogP contribution in [0.5, 0.6) is 5.75 Å². The summed E-state index contributed by atoms with van der Waals surface area (Å²) in [4.78, 5) is 127. The van der Waals surface area contributed by atoms with Crippen molar-refractivity contribution in [1.29, 1.82) is 0 Å². The smallest absolute Gasteiger partial charge is 0.410 e. The van der Waals surface area contributed by atoms with Crippen LogP contribution in [0.2, 0.25) is 0 Å². The number of carboxylic acids is 1. The lowest BCUT2D eigenvalue weighted by Crippen LogP contribution is -2.61. The average Bonchev–Trinajstić information content (AvgIpc) is 1.56. The highest BCUT2D eigenvalue weighted by Gasteiger charge is 2.50. The molecule has 0 spiro atoms. The quantitative estimate of drug-likeness (QED) is 0.0393. The molecule has 0 radical (unpaired) electrons. The van der Waals surface area contributed by atoms with Gasteiger partial charge in [-0.3, -0.25) is 33.7 Å². The highest BCUT2D eigenvalue weighted by molar-refractivity contribution is 5.94. The summed E-state index contributed by atoms with van der Waals surface area (Å²) in [6, 6.07) is 8.72. The molecule has 18 atom stereocenters. The van der Waals surface area contributed by atoms with Crippen LogP contribution < -0.4 is 31.3 Å². The van der Waals surface area contributed by atoms with Gasteiger partial charge in [-0.25, -0.2) is 14.4 Å². The van der Waals surface area contributed by atoms with E-state index in [1.807, 2.05) is 19.9 Å². The summed E-state index contributed by atoms with van der Waals surface area (Å²) >= 11 is 0. The topological polar surface area (TPSA) is 408 Å². The fourth-order valence-corrected chi connectivity index (χ4v) is 14.2. The second-order valence-electron chi connectivity index (χ2n) is 28.8. The number of alkyl carbamates (subject to hydrolysis) is 1. The van der Waals surface area contributed by atoms with Gasteiger partial charge >= 0.3 is 18.2 Å². The average molecular weight is 1520 g/mol. The number of rotatable bonds is 47. The zero-order chi connectivity index (χ0) is 79.2. The summed E-state index contributed by atoms with van der Waals surface area (Å²) in [6.07, 6.45) is -8.27. The number of methoxy groups -OCH3 is 2. The van der Waals surface area contributed by atoms with Gasteiger partial charge in [-0.05, 0) is 79.0 Å². The molecule has 1 saturated carbocycles. The van der Waals surface area contributed by atoms with Gasteiger partial charge in [0, 0.05) is 72.0 Å². The maximum Gasteiger partial charge on any atom is 0.410 e. The van der Waals surface area contributed by atoms with Crippen molar-refractivity contribution in [2.75, 3.05) is 99.5 Å². The number of likely N-dealkylation sites (tertiary alicyclic amines) is 1. The number of hydrogen-bond donors (Lipinski definition) is 10. The minimum absolute atomic E-state index is 0.0105. The highest BCUT2D eigenvalue weighted by atomic mass is 16.7. The number of nitrogens with zero attached hydrogens (tertiary/aromatic N) is 3. The monoisotopic (exact) mass is 1510 g/mol. The number of nitrogens with one attached hydrogen (secondary N) is 5. The minimum atomic E-state index is -2.04. The molecule has 4 unspecified atom stereocenters. The molecule has 2 heterocycles. The molecule has 604 valence electrons. The van der Waals surface area contributed by atoms with Gasteiger partial charge in [0.1, 0.15) is 42.8 Å². The molecule has 3 fully saturated rings. The van der Waals surface area contributed by atoms with Gasteiger partial charge in [0.2, 0.25) is 41.7 Å². The van der Waals surface area contributed by atoms with E-state index in [1.54, 1.807) is 77.8 Å². The van der Waals surface area contributed by atoms with E-state index in [2.05, 4.69) is 40.4 Å². The Kier molecular flexibility index (Phi) is 38.5. The SMILES string of the molecule is CCC[C@@H]1C(COC(=O)NCCOCCOCCOCCNC(=O)CCC(=O)Nc2ccc(O[C@@H]3OC(C(=O)O)[C@@H](O)C(O)C3O)c(COC(=O)N(C)[C@H](C(=O)N[C@H](C(=O)N(C)[C@@H]([C@@H](C)CC)[C@@H](CC(=O)N3CCC[C@H]3[C@H](OC)[C@@H](C)C(=O)N[C@H](C)[C@@H](O)c3ccccc3)OC)C(C)C)C(C)C)c2)[C@@H]1CCC. The normalized spacial score (nSPS) is 22.4. The van der Waals surface area contributed by atoms with Crippen molar-refractivity contribution in [3.63, 3.8) is 0 Å². The largest absolute Gasteiger partial charge is 0.479 e. The molecule has 8 amide bonds. The molecule has 3 aliphatic rings. The van der Waals surface area contributed by atoms with Crippen LogP contribution in [0.4, 0.5) is 15.3 Å². The van der Waals surface area contributed by atoms with Gasteiger partial charge in [-0.2, -0.15) is 0 Å². The van der Waals surface area contributed by atoms with Crippen molar-refractivity contribution >= 4 is 59.3 Å². The fourth-order valence-electron chi connectivity index (χ4n) is 14.2. The van der Waals surface area contributed by atoms with Gasteiger partial charge in [0.25, 0.3) is 0 Å². The number of carboxylic acid groups (broad SMARTS) is 1. The first kappa shape index (κ1) is 90.3. The van der Waals surface area contributed by atoms with Gasteiger partial charge in [-0.1, -0.05) is 125 Å². The first-order valence-electron chi connectivity index (χ1n) is 37.7. The third kappa shape index (κ3) is 27.0. The lowest BCUT2D eigenvalue weighted by Gasteiger charge is -2.41. The predicted molar refractivity (Wildman–Crippen MR) is 393 cm³/mol. The third-order valence-corrected chi connectivity index (χ3v) is 20.4. The Hall–Kier alpha value is -7.33. The number of hydrogen-bond acceptors (Lipinski definition) is 22. The van der Waals surface area contributed by atoms with Gasteiger partial charge < -0.3 is 105 Å². The number of benzene rings is 2. The number of ether oxygens (including phenoxy) is 9. The van der Waals surface area contributed by atoms with E-state index in [-0.39, 0.29) is 80.4 Å². The Labute approximate surface area is 629 Å². The van der Waals surface area contributed by atoms with Crippen molar-refractivity contribution in [1.82, 2.24) is 36.0 Å². The zero-order valence-electron chi connectivity index (χ0n) is 64.9. The second-order valence-corrected chi connectivity index (χ2v) is 28.8. The van der Waals surface area contributed by atoms with Crippen LogP contribution >= 0.6 is 0 Å². The molecule has 31 nitrogen and oxygen atoms in total. The second kappa shape index (κ2) is 45.6. The lowest BCUT2D eigenvalue weighted by molar-refractivity contribution is -0.271. The van der Waals surface area contributed by atoms with E-state index in [0.29, 0.717) is 82.1 Å². The molecular formula is C76H122N8O23. The molecular weight excluding hydrogens is 1390 g/mol. The van der Waals surface area contributed by atoms with Gasteiger partial charge in [0.05, 0.1) is 95.0 Å². The molecule has 10 N–H and O–H groups in total. The van der Waals surface area contributed by atoms with Crippen LogP contribution in [0.15, 0.2) is 48.5 Å². The van der Waals surface area contributed by atoms with Gasteiger partial charge in [-0.15, -0.1) is 0 Å². The van der Waals surface area contributed by atoms with Crippen molar-refractivity contribution in [3.8, 4) is 5.75 Å². The number of carbonyl (C=O) groups excluding carboxylic acids is 8. The summed E-state index contributed by atoms with van der Waals surface area (Å²) in [5, 5.41) is 66.4. The first-order chi connectivity index (χ1) is 51.0. The van der Waals surface area contributed by atoms with Crippen molar-refractivity contribution in [2.24, 2.45) is 41.4 Å². The van der Waals surface area contributed by atoms with Crippen molar-refractivity contribution in [3.05, 3.63) is 59.7 Å². The molecule has 31 heteroatoms. The van der Waals surface area contributed by atoms with Crippen LogP contribution in [0.1, 0.15) is 151 Å². The molecule has 2 aromatic rings. The first-order valence-corrected chi connectivity index (χ1v) is 37.7. The molecule has 0 bridgehead atoms. The molecule has 5 rings (SSSR count). The number of likely N-dealkylation sites (N-methyl/N-ethyl adjacent to an activating group) is 2. The van der Waals surface area contributed by atoms with E-state index < -0.39 is 145 Å².